The number of aromatic nitrogens is 1. The second-order valence-corrected chi connectivity index (χ2v) is 3.46. The van der Waals surface area contributed by atoms with Crippen molar-refractivity contribution in [2.75, 3.05) is 0 Å². The van der Waals surface area contributed by atoms with E-state index < -0.39 is 0 Å². The van der Waals surface area contributed by atoms with Crippen molar-refractivity contribution in [3.05, 3.63) is 47.2 Å². The largest absolute Gasteiger partial charge is 0.359 e. The summed E-state index contributed by atoms with van der Waals surface area (Å²) in [6, 6.07) is 9.94. The van der Waals surface area contributed by atoms with Crippen LogP contribution >= 0.6 is 0 Å². The summed E-state index contributed by atoms with van der Waals surface area (Å²) in [5.74, 6) is 1.37. The molecule has 1 aromatic heterocycles. The van der Waals surface area contributed by atoms with Crippen LogP contribution in [0.4, 0.5) is 5.82 Å². The monoisotopic (exact) mass is 200 g/mol. The first-order chi connectivity index (χ1) is 7.24. The van der Waals surface area contributed by atoms with Crippen LogP contribution in [0.15, 0.2) is 39.8 Å². The molecular formula is C12H12N2O. The lowest BCUT2D eigenvalue weighted by atomic mass is 10.2. The summed E-state index contributed by atoms with van der Waals surface area (Å²) >= 11 is 0. The molecule has 0 bridgehead atoms. The van der Waals surface area contributed by atoms with Crippen LogP contribution in [0.25, 0.3) is 0 Å². The minimum Gasteiger partial charge on any atom is -0.359 e. The molecule has 0 fully saturated rings. The molecule has 0 aliphatic carbocycles. The first-order valence-corrected chi connectivity index (χ1v) is 4.78. The van der Waals surface area contributed by atoms with E-state index >= 15 is 0 Å². The molecule has 1 heterocycles. The molecule has 0 unspecified atom stereocenters. The van der Waals surface area contributed by atoms with Gasteiger partial charge in [0, 0.05) is 12.3 Å². The Labute approximate surface area is 88.4 Å². The molecule has 3 nitrogen and oxygen atoms in total. The Bertz CT molecular complexity index is 469. The predicted molar refractivity (Wildman–Crippen MR) is 59.7 cm³/mol. The minimum absolute atomic E-state index is 0.605. The second kappa shape index (κ2) is 4.09. The molecule has 2 rings (SSSR count). The molecular weight excluding hydrogens is 188 g/mol. The van der Waals surface area contributed by atoms with Gasteiger partial charge in [0.05, 0.1) is 0 Å². The van der Waals surface area contributed by atoms with Gasteiger partial charge in [-0.15, -0.1) is 0 Å². The van der Waals surface area contributed by atoms with Crippen molar-refractivity contribution in [1.82, 2.24) is 5.16 Å². The van der Waals surface area contributed by atoms with Crippen LogP contribution in [-0.4, -0.2) is 11.4 Å². The van der Waals surface area contributed by atoms with Crippen molar-refractivity contribution in [1.29, 1.82) is 0 Å². The van der Waals surface area contributed by atoms with Crippen molar-refractivity contribution in [2.24, 2.45) is 4.99 Å². The highest BCUT2D eigenvalue weighted by atomic mass is 16.5. The van der Waals surface area contributed by atoms with Crippen molar-refractivity contribution >= 4 is 12.0 Å². The molecule has 15 heavy (non-hydrogen) atoms. The maximum Gasteiger partial charge on any atom is 0.195 e. The highest BCUT2D eigenvalue weighted by Gasteiger charge is 1.95. The van der Waals surface area contributed by atoms with E-state index in [1.165, 1.54) is 5.56 Å². The van der Waals surface area contributed by atoms with E-state index in [2.05, 4.69) is 29.2 Å². The van der Waals surface area contributed by atoms with E-state index in [9.17, 15) is 0 Å². The zero-order valence-corrected chi connectivity index (χ0v) is 8.77. The Balaban J connectivity index is 2.14. The van der Waals surface area contributed by atoms with Gasteiger partial charge in [0.15, 0.2) is 5.82 Å². The number of hydrogen-bond acceptors (Lipinski definition) is 3. The molecule has 0 spiro atoms. The molecule has 76 valence electrons. The Morgan fingerprint density at radius 2 is 1.93 bits per heavy atom. The lowest BCUT2D eigenvalue weighted by Crippen LogP contribution is -1.80. The van der Waals surface area contributed by atoms with Gasteiger partial charge < -0.3 is 4.52 Å². The van der Waals surface area contributed by atoms with Gasteiger partial charge >= 0.3 is 0 Å². The smallest absolute Gasteiger partial charge is 0.195 e. The molecule has 2 aromatic rings. The van der Waals surface area contributed by atoms with Gasteiger partial charge in [0.2, 0.25) is 0 Å². The van der Waals surface area contributed by atoms with Gasteiger partial charge in [-0.3, -0.25) is 0 Å². The topological polar surface area (TPSA) is 38.4 Å². The Hall–Kier alpha value is -1.90. The van der Waals surface area contributed by atoms with E-state index in [0.29, 0.717) is 5.82 Å². The van der Waals surface area contributed by atoms with Crippen LogP contribution < -0.4 is 0 Å². The number of nitrogens with zero attached hydrogens (tertiary/aromatic N) is 2. The zero-order chi connectivity index (χ0) is 10.7. The Morgan fingerprint density at radius 1 is 1.20 bits per heavy atom. The standard InChI is InChI=1S/C12H12N2O/c1-9-3-5-11(6-4-9)8-13-12-7-10(2)15-14-12/h3-8H,1-2H3. The third kappa shape index (κ3) is 2.53. The predicted octanol–water partition coefficient (Wildman–Crippen LogP) is 3.04. The second-order valence-electron chi connectivity index (χ2n) is 3.46. The fraction of sp³-hybridized carbons (Fsp3) is 0.167. The highest BCUT2D eigenvalue weighted by Crippen LogP contribution is 2.11. The number of benzene rings is 1. The third-order valence-corrected chi connectivity index (χ3v) is 2.04. The van der Waals surface area contributed by atoms with Gasteiger partial charge in [0.1, 0.15) is 5.76 Å². The van der Waals surface area contributed by atoms with Crippen LogP contribution in [0.2, 0.25) is 0 Å². The van der Waals surface area contributed by atoms with E-state index in [-0.39, 0.29) is 0 Å². The van der Waals surface area contributed by atoms with Crippen molar-refractivity contribution in [3.8, 4) is 0 Å². The molecule has 0 aliphatic heterocycles. The lowest BCUT2D eigenvalue weighted by molar-refractivity contribution is 0.399. The molecule has 0 atom stereocenters. The Kier molecular flexibility index (Phi) is 2.63. The van der Waals surface area contributed by atoms with Crippen LogP contribution in [0, 0.1) is 13.8 Å². The van der Waals surface area contributed by atoms with Gasteiger partial charge in [-0.05, 0) is 19.4 Å². The molecule has 0 radical (unpaired) electrons. The van der Waals surface area contributed by atoms with Crippen LogP contribution in [0.1, 0.15) is 16.9 Å². The van der Waals surface area contributed by atoms with Crippen LogP contribution in [0.3, 0.4) is 0 Å². The molecule has 1 aromatic carbocycles. The molecule has 0 saturated heterocycles. The maximum atomic E-state index is 4.91. The van der Waals surface area contributed by atoms with Crippen molar-refractivity contribution < 1.29 is 4.52 Å². The number of hydrogen-bond donors (Lipinski definition) is 0. The summed E-state index contributed by atoms with van der Waals surface area (Å²) in [5.41, 5.74) is 2.30. The summed E-state index contributed by atoms with van der Waals surface area (Å²) in [6.45, 7) is 3.90. The fourth-order valence-electron chi connectivity index (χ4n) is 1.21. The SMILES string of the molecule is Cc1ccc(C=Nc2cc(C)on2)cc1. The highest BCUT2D eigenvalue weighted by molar-refractivity contribution is 5.81. The quantitative estimate of drug-likeness (QED) is 0.699. The summed E-state index contributed by atoms with van der Waals surface area (Å²) in [5, 5.41) is 3.78. The van der Waals surface area contributed by atoms with E-state index in [4.69, 9.17) is 4.52 Å². The van der Waals surface area contributed by atoms with Gasteiger partial charge in [0.25, 0.3) is 0 Å². The molecule has 0 N–H and O–H groups in total. The van der Waals surface area contributed by atoms with Crippen LogP contribution in [-0.2, 0) is 0 Å². The normalized spacial score (nSPS) is 11.1. The summed E-state index contributed by atoms with van der Waals surface area (Å²) in [4.78, 5) is 4.20. The number of aliphatic imine (C=N–C) groups is 1. The van der Waals surface area contributed by atoms with Gasteiger partial charge in [-0.2, -0.15) is 0 Å². The maximum absolute atomic E-state index is 4.91. The average molecular weight is 200 g/mol. The van der Waals surface area contributed by atoms with E-state index in [0.717, 1.165) is 11.3 Å². The third-order valence-electron chi connectivity index (χ3n) is 2.04. The Morgan fingerprint density at radius 3 is 2.53 bits per heavy atom. The molecule has 0 saturated carbocycles. The number of aryl methyl sites for hydroxylation is 2. The fourth-order valence-corrected chi connectivity index (χ4v) is 1.21. The number of rotatable bonds is 2. The molecule has 0 aliphatic rings. The van der Waals surface area contributed by atoms with Crippen LogP contribution in [0.5, 0.6) is 0 Å². The van der Waals surface area contributed by atoms with Gasteiger partial charge in [-0.25, -0.2) is 4.99 Å². The van der Waals surface area contributed by atoms with Crippen molar-refractivity contribution in [2.45, 2.75) is 13.8 Å². The van der Waals surface area contributed by atoms with Gasteiger partial charge in [-0.1, -0.05) is 35.0 Å². The zero-order valence-electron chi connectivity index (χ0n) is 8.77. The van der Waals surface area contributed by atoms with E-state index in [1.54, 1.807) is 12.3 Å². The first-order valence-electron chi connectivity index (χ1n) is 4.78. The lowest BCUT2D eigenvalue weighted by Gasteiger charge is -1.92. The summed E-state index contributed by atoms with van der Waals surface area (Å²) < 4.78 is 4.91. The molecule has 3 heteroatoms. The van der Waals surface area contributed by atoms with Crippen molar-refractivity contribution in [3.63, 3.8) is 0 Å². The summed E-state index contributed by atoms with van der Waals surface area (Å²) in [6.07, 6.45) is 1.77. The average Bonchev–Trinajstić information content (AvgIpc) is 2.64. The van der Waals surface area contributed by atoms with E-state index in [1.807, 2.05) is 19.1 Å². The summed E-state index contributed by atoms with van der Waals surface area (Å²) in [7, 11) is 0. The molecule has 0 amide bonds. The minimum atomic E-state index is 0.605. The first kappa shape index (κ1) is 9.65.